The van der Waals surface area contributed by atoms with Gasteiger partial charge in [0.1, 0.15) is 5.69 Å². The Morgan fingerprint density at radius 3 is 2.95 bits per heavy atom. The van der Waals surface area contributed by atoms with Gasteiger partial charge < -0.3 is 9.32 Å². The highest BCUT2D eigenvalue weighted by atomic mass is 16.3. The Morgan fingerprint density at radius 1 is 1.53 bits per heavy atom. The molecular formula is C14H19N3O2. The lowest BCUT2D eigenvalue weighted by molar-refractivity contribution is 0.0793. The average Bonchev–Trinajstić information content (AvgIpc) is 3.03. The van der Waals surface area contributed by atoms with Crippen LogP contribution >= 0.6 is 0 Å². The van der Waals surface area contributed by atoms with Gasteiger partial charge in [0, 0.05) is 19.3 Å². The van der Waals surface area contributed by atoms with Gasteiger partial charge in [-0.05, 0) is 25.5 Å². The number of H-pyrrole nitrogens is 1. The number of aryl methyl sites for hydroxylation is 1. The van der Waals surface area contributed by atoms with E-state index >= 15 is 0 Å². The molecule has 0 fully saturated rings. The summed E-state index contributed by atoms with van der Waals surface area (Å²) in [6.07, 6.45) is 3.64. The van der Waals surface area contributed by atoms with Crippen LogP contribution in [0.25, 0.3) is 11.5 Å². The summed E-state index contributed by atoms with van der Waals surface area (Å²) in [5.41, 5.74) is 1.93. The van der Waals surface area contributed by atoms with Crippen molar-refractivity contribution in [2.24, 2.45) is 0 Å². The molecule has 0 unspecified atom stereocenters. The van der Waals surface area contributed by atoms with Gasteiger partial charge in [0.25, 0.3) is 5.91 Å². The lowest BCUT2D eigenvalue weighted by Gasteiger charge is -2.16. The Bertz CT molecular complexity index is 543. The number of rotatable bonds is 5. The lowest BCUT2D eigenvalue weighted by atomic mass is 10.1. The molecule has 2 aromatic heterocycles. The van der Waals surface area contributed by atoms with Gasteiger partial charge in [0.2, 0.25) is 0 Å². The molecule has 2 aromatic rings. The summed E-state index contributed by atoms with van der Waals surface area (Å²) in [4.78, 5) is 14.2. The molecule has 19 heavy (non-hydrogen) atoms. The number of aromatic amines is 1. The van der Waals surface area contributed by atoms with E-state index in [-0.39, 0.29) is 5.91 Å². The van der Waals surface area contributed by atoms with Crippen LogP contribution in [0.3, 0.4) is 0 Å². The highest BCUT2D eigenvalue weighted by Crippen LogP contribution is 2.25. The number of nitrogens with one attached hydrogen (secondary N) is 1. The maximum atomic E-state index is 12.5. The van der Waals surface area contributed by atoms with Crippen LogP contribution in [0.15, 0.2) is 22.8 Å². The fourth-order valence-electron chi connectivity index (χ4n) is 1.97. The molecule has 1 amide bonds. The highest BCUT2D eigenvalue weighted by Gasteiger charge is 2.23. The predicted octanol–water partition coefficient (Wildman–Crippen LogP) is 2.85. The van der Waals surface area contributed by atoms with Crippen molar-refractivity contribution in [2.75, 3.05) is 13.6 Å². The molecule has 0 spiro atoms. The molecule has 0 radical (unpaired) electrons. The van der Waals surface area contributed by atoms with Crippen molar-refractivity contribution in [3.05, 3.63) is 29.7 Å². The zero-order valence-electron chi connectivity index (χ0n) is 11.6. The fraction of sp³-hybridized carbons (Fsp3) is 0.429. The molecule has 0 saturated carbocycles. The fourth-order valence-corrected chi connectivity index (χ4v) is 1.97. The molecule has 0 aliphatic rings. The first-order valence-electron chi connectivity index (χ1n) is 6.49. The van der Waals surface area contributed by atoms with Crippen LogP contribution in [-0.2, 0) is 0 Å². The van der Waals surface area contributed by atoms with Crippen LogP contribution in [0.4, 0.5) is 0 Å². The number of unbranched alkanes of at least 4 members (excludes halogenated alkanes) is 1. The Labute approximate surface area is 112 Å². The van der Waals surface area contributed by atoms with Crippen molar-refractivity contribution in [3.63, 3.8) is 0 Å². The zero-order valence-corrected chi connectivity index (χ0v) is 11.6. The minimum atomic E-state index is -0.0221. The van der Waals surface area contributed by atoms with Crippen LogP contribution < -0.4 is 0 Å². The number of carbonyl (C=O) groups is 1. The largest absolute Gasteiger partial charge is 0.463 e. The third-order valence-electron chi connectivity index (χ3n) is 3.11. The number of hydrogen-bond donors (Lipinski definition) is 1. The van der Waals surface area contributed by atoms with E-state index in [9.17, 15) is 4.79 Å². The molecule has 0 aromatic carbocycles. The SMILES string of the molecule is CCCCN(C)C(=O)c1c(-c2ccco2)n[nH]c1C. The number of amides is 1. The Hall–Kier alpha value is -2.04. The van der Waals surface area contributed by atoms with Crippen LogP contribution in [0.2, 0.25) is 0 Å². The molecule has 5 nitrogen and oxygen atoms in total. The first kappa shape index (κ1) is 13.4. The van der Waals surface area contributed by atoms with E-state index in [1.54, 1.807) is 23.3 Å². The van der Waals surface area contributed by atoms with Gasteiger partial charge in [0.05, 0.1) is 11.8 Å². The molecule has 0 aliphatic carbocycles. The van der Waals surface area contributed by atoms with Gasteiger partial charge in [-0.25, -0.2) is 0 Å². The van der Waals surface area contributed by atoms with E-state index in [0.29, 0.717) is 17.0 Å². The van der Waals surface area contributed by atoms with E-state index in [1.165, 1.54) is 0 Å². The van der Waals surface area contributed by atoms with Crippen molar-refractivity contribution in [1.82, 2.24) is 15.1 Å². The number of furan rings is 1. The van der Waals surface area contributed by atoms with Crippen molar-refractivity contribution >= 4 is 5.91 Å². The molecule has 2 rings (SSSR count). The van der Waals surface area contributed by atoms with Gasteiger partial charge >= 0.3 is 0 Å². The van der Waals surface area contributed by atoms with Gasteiger partial charge in [-0.3, -0.25) is 9.89 Å². The molecule has 0 atom stereocenters. The molecule has 0 bridgehead atoms. The molecule has 2 heterocycles. The molecular weight excluding hydrogens is 242 g/mol. The summed E-state index contributed by atoms with van der Waals surface area (Å²) in [5, 5.41) is 7.04. The third-order valence-corrected chi connectivity index (χ3v) is 3.11. The lowest BCUT2D eigenvalue weighted by Crippen LogP contribution is -2.28. The quantitative estimate of drug-likeness (QED) is 0.900. The molecule has 5 heteroatoms. The number of aromatic nitrogens is 2. The summed E-state index contributed by atoms with van der Waals surface area (Å²) < 4.78 is 5.33. The number of hydrogen-bond acceptors (Lipinski definition) is 3. The maximum absolute atomic E-state index is 12.5. The normalized spacial score (nSPS) is 10.7. The predicted molar refractivity (Wildman–Crippen MR) is 72.9 cm³/mol. The minimum Gasteiger partial charge on any atom is -0.463 e. The average molecular weight is 261 g/mol. The zero-order chi connectivity index (χ0) is 13.8. The van der Waals surface area contributed by atoms with Crippen molar-refractivity contribution in [2.45, 2.75) is 26.7 Å². The maximum Gasteiger partial charge on any atom is 0.257 e. The Balaban J connectivity index is 2.29. The van der Waals surface area contributed by atoms with E-state index in [1.807, 2.05) is 14.0 Å². The molecule has 0 saturated heterocycles. The Kier molecular flexibility index (Phi) is 4.04. The summed E-state index contributed by atoms with van der Waals surface area (Å²) in [6.45, 7) is 4.70. The van der Waals surface area contributed by atoms with Gasteiger partial charge in [-0.2, -0.15) is 5.10 Å². The van der Waals surface area contributed by atoms with E-state index in [4.69, 9.17) is 4.42 Å². The first-order chi connectivity index (χ1) is 9.15. The third kappa shape index (κ3) is 2.70. The second-order valence-corrected chi connectivity index (χ2v) is 4.63. The van der Waals surface area contributed by atoms with Crippen molar-refractivity contribution in [3.8, 4) is 11.5 Å². The van der Waals surface area contributed by atoms with Gasteiger partial charge in [0.15, 0.2) is 5.76 Å². The second kappa shape index (κ2) is 5.73. The van der Waals surface area contributed by atoms with Crippen LogP contribution in [0.5, 0.6) is 0 Å². The molecule has 1 N–H and O–H groups in total. The Morgan fingerprint density at radius 2 is 2.32 bits per heavy atom. The van der Waals surface area contributed by atoms with Gasteiger partial charge in [-0.1, -0.05) is 13.3 Å². The summed E-state index contributed by atoms with van der Waals surface area (Å²) in [6, 6.07) is 3.59. The number of carbonyl (C=O) groups excluding carboxylic acids is 1. The van der Waals surface area contributed by atoms with Crippen LogP contribution in [-0.4, -0.2) is 34.6 Å². The highest BCUT2D eigenvalue weighted by molar-refractivity contribution is 6.00. The van der Waals surface area contributed by atoms with E-state index in [2.05, 4.69) is 17.1 Å². The number of nitrogens with zero attached hydrogens (tertiary/aromatic N) is 2. The van der Waals surface area contributed by atoms with Crippen molar-refractivity contribution in [1.29, 1.82) is 0 Å². The van der Waals surface area contributed by atoms with E-state index in [0.717, 1.165) is 25.1 Å². The topological polar surface area (TPSA) is 62.1 Å². The van der Waals surface area contributed by atoms with Crippen LogP contribution in [0.1, 0.15) is 35.8 Å². The minimum absolute atomic E-state index is 0.0221. The van der Waals surface area contributed by atoms with Gasteiger partial charge in [-0.15, -0.1) is 0 Å². The smallest absolute Gasteiger partial charge is 0.257 e. The monoisotopic (exact) mass is 261 g/mol. The summed E-state index contributed by atoms with van der Waals surface area (Å²) in [5.74, 6) is 0.586. The van der Waals surface area contributed by atoms with Crippen LogP contribution in [0, 0.1) is 6.92 Å². The standard InChI is InChI=1S/C14H19N3O2/c1-4-5-8-17(3)14(18)12-10(2)15-16-13(12)11-7-6-9-19-11/h6-7,9H,4-5,8H2,1-3H3,(H,15,16). The molecule has 0 aliphatic heterocycles. The molecule has 102 valence electrons. The van der Waals surface area contributed by atoms with Crippen molar-refractivity contribution < 1.29 is 9.21 Å². The summed E-state index contributed by atoms with van der Waals surface area (Å²) in [7, 11) is 1.82. The van der Waals surface area contributed by atoms with E-state index < -0.39 is 0 Å². The first-order valence-corrected chi connectivity index (χ1v) is 6.49. The second-order valence-electron chi connectivity index (χ2n) is 4.63. The summed E-state index contributed by atoms with van der Waals surface area (Å²) >= 11 is 0.